The van der Waals surface area contributed by atoms with Crippen molar-refractivity contribution in [3.05, 3.63) is 35.5 Å². The van der Waals surface area contributed by atoms with Gasteiger partial charge in [0.15, 0.2) is 5.75 Å². The molecule has 0 radical (unpaired) electrons. The Morgan fingerprint density at radius 2 is 2.21 bits per heavy atom. The summed E-state index contributed by atoms with van der Waals surface area (Å²) in [6.07, 6.45) is 1.74. The topological polar surface area (TPSA) is 22.1 Å². The van der Waals surface area contributed by atoms with Crippen LogP contribution in [-0.2, 0) is 0 Å². The third-order valence-electron chi connectivity index (χ3n) is 1.97. The Hall–Kier alpha value is -1.28. The van der Waals surface area contributed by atoms with E-state index in [0.29, 0.717) is 17.4 Å². The van der Waals surface area contributed by atoms with Crippen molar-refractivity contribution in [2.75, 3.05) is 6.61 Å². The minimum atomic E-state index is 0.593. The summed E-state index contributed by atoms with van der Waals surface area (Å²) >= 11 is 6.02. The molecule has 0 amide bonds. The van der Waals surface area contributed by atoms with Crippen LogP contribution in [0.1, 0.15) is 6.92 Å². The van der Waals surface area contributed by atoms with E-state index in [4.69, 9.17) is 16.3 Å². The van der Waals surface area contributed by atoms with Crippen LogP contribution in [0.3, 0.4) is 0 Å². The third kappa shape index (κ3) is 1.53. The van der Waals surface area contributed by atoms with E-state index in [0.717, 1.165) is 10.9 Å². The van der Waals surface area contributed by atoms with Gasteiger partial charge in [-0.3, -0.25) is 4.98 Å². The molecule has 0 aliphatic rings. The number of hydrogen-bond donors (Lipinski definition) is 0. The molecule has 0 saturated heterocycles. The number of ether oxygens (including phenoxy) is 1. The highest BCUT2D eigenvalue weighted by Gasteiger charge is 2.06. The van der Waals surface area contributed by atoms with E-state index in [2.05, 4.69) is 4.98 Å². The van der Waals surface area contributed by atoms with Crippen LogP contribution in [0.4, 0.5) is 0 Å². The number of aromatic nitrogens is 1. The maximum atomic E-state index is 6.02. The first kappa shape index (κ1) is 9.28. The molecule has 0 saturated carbocycles. The average Bonchev–Trinajstić information content (AvgIpc) is 2.23. The standard InChI is InChI=1S/C11H10ClNO/c1-2-14-11-9(12)6-5-8-4-3-7-13-10(8)11/h3-7H,2H2,1H3. The SMILES string of the molecule is CCOc1c(Cl)ccc2cccnc12. The quantitative estimate of drug-likeness (QED) is 0.754. The molecule has 1 aromatic heterocycles. The number of nitrogens with zero attached hydrogens (tertiary/aromatic N) is 1. The molecule has 72 valence electrons. The van der Waals surface area contributed by atoms with Gasteiger partial charge >= 0.3 is 0 Å². The van der Waals surface area contributed by atoms with Gasteiger partial charge in [-0.2, -0.15) is 0 Å². The molecule has 2 aromatic rings. The van der Waals surface area contributed by atoms with Gasteiger partial charge in [-0.25, -0.2) is 0 Å². The normalized spacial score (nSPS) is 10.4. The molecule has 1 aromatic carbocycles. The maximum Gasteiger partial charge on any atom is 0.164 e. The van der Waals surface area contributed by atoms with Gasteiger partial charge in [0.05, 0.1) is 11.6 Å². The Balaban J connectivity index is 2.69. The van der Waals surface area contributed by atoms with Crippen molar-refractivity contribution in [1.82, 2.24) is 4.98 Å². The van der Waals surface area contributed by atoms with Gasteiger partial charge in [0, 0.05) is 11.6 Å². The third-order valence-corrected chi connectivity index (χ3v) is 2.27. The summed E-state index contributed by atoms with van der Waals surface area (Å²) in [7, 11) is 0. The fourth-order valence-corrected chi connectivity index (χ4v) is 1.58. The molecule has 0 unspecified atom stereocenters. The minimum absolute atomic E-state index is 0.593. The number of halogens is 1. The number of rotatable bonds is 2. The lowest BCUT2D eigenvalue weighted by molar-refractivity contribution is 0.344. The first-order valence-corrected chi connectivity index (χ1v) is 4.86. The van der Waals surface area contributed by atoms with Crippen molar-refractivity contribution in [3.8, 4) is 5.75 Å². The number of pyridine rings is 1. The molecule has 3 heteroatoms. The predicted octanol–water partition coefficient (Wildman–Crippen LogP) is 3.29. The molecular formula is C11H10ClNO. The van der Waals surface area contributed by atoms with Gasteiger partial charge < -0.3 is 4.74 Å². The maximum absolute atomic E-state index is 6.02. The summed E-state index contributed by atoms with van der Waals surface area (Å²) in [5.41, 5.74) is 0.821. The van der Waals surface area contributed by atoms with Gasteiger partial charge in [-0.05, 0) is 19.1 Å². The molecule has 2 rings (SSSR count). The van der Waals surface area contributed by atoms with Crippen molar-refractivity contribution in [2.24, 2.45) is 0 Å². The van der Waals surface area contributed by atoms with E-state index >= 15 is 0 Å². The summed E-state index contributed by atoms with van der Waals surface area (Å²) in [5, 5.41) is 1.65. The Morgan fingerprint density at radius 1 is 1.36 bits per heavy atom. The second-order valence-electron chi connectivity index (χ2n) is 2.88. The van der Waals surface area contributed by atoms with Crippen molar-refractivity contribution < 1.29 is 4.74 Å². The smallest absolute Gasteiger partial charge is 0.164 e. The van der Waals surface area contributed by atoms with Crippen molar-refractivity contribution in [2.45, 2.75) is 6.92 Å². The molecular weight excluding hydrogens is 198 g/mol. The lowest BCUT2D eigenvalue weighted by Crippen LogP contribution is -1.94. The van der Waals surface area contributed by atoms with Crippen LogP contribution in [0.15, 0.2) is 30.5 Å². The van der Waals surface area contributed by atoms with Crippen LogP contribution in [0.5, 0.6) is 5.75 Å². The number of hydrogen-bond acceptors (Lipinski definition) is 2. The second-order valence-corrected chi connectivity index (χ2v) is 3.29. The molecule has 0 aliphatic carbocycles. The largest absolute Gasteiger partial charge is 0.490 e. The number of benzene rings is 1. The van der Waals surface area contributed by atoms with Crippen LogP contribution in [0, 0.1) is 0 Å². The summed E-state index contributed by atoms with van der Waals surface area (Å²) in [6.45, 7) is 2.52. The van der Waals surface area contributed by atoms with Gasteiger partial charge in [0.2, 0.25) is 0 Å². The lowest BCUT2D eigenvalue weighted by Gasteiger charge is -2.07. The van der Waals surface area contributed by atoms with E-state index in [1.807, 2.05) is 31.2 Å². The first-order valence-electron chi connectivity index (χ1n) is 4.49. The molecule has 14 heavy (non-hydrogen) atoms. The zero-order valence-corrected chi connectivity index (χ0v) is 8.58. The molecule has 0 aliphatic heterocycles. The Morgan fingerprint density at radius 3 is 3.00 bits per heavy atom. The van der Waals surface area contributed by atoms with Crippen LogP contribution in [-0.4, -0.2) is 11.6 Å². The van der Waals surface area contributed by atoms with Crippen molar-refractivity contribution in [1.29, 1.82) is 0 Å². The average molecular weight is 208 g/mol. The van der Waals surface area contributed by atoms with Gasteiger partial charge in [-0.1, -0.05) is 23.7 Å². The van der Waals surface area contributed by atoms with E-state index < -0.39 is 0 Å². The summed E-state index contributed by atoms with van der Waals surface area (Å²) < 4.78 is 5.46. The zero-order valence-electron chi connectivity index (χ0n) is 7.83. The summed E-state index contributed by atoms with van der Waals surface area (Å²) in [4.78, 5) is 4.25. The van der Waals surface area contributed by atoms with E-state index in [-0.39, 0.29) is 0 Å². The summed E-state index contributed by atoms with van der Waals surface area (Å²) in [6, 6.07) is 7.65. The van der Waals surface area contributed by atoms with E-state index in [1.54, 1.807) is 6.20 Å². The summed E-state index contributed by atoms with van der Waals surface area (Å²) in [5.74, 6) is 0.673. The molecule has 0 spiro atoms. The highest BCUT2D eigenvalue weighted by atomic mass is 35.5. The predicted molar refractivity (Wildman–Crippen MR) is 57.9 cm³/mol. The number of fused-ring (bicyclic) bond motifs is 1. The van der Waals surface area contributed by atoms with Gasteiger partial charge in [0.25, 0.3) is 0 Å². The first-order chi connectivity index (χ1) is 6.83. The highest BCUT2D eigenvalue weighted by Crippen LogP contribution is 2.31. The van der Waals surface area contributed by atoms with Gasteiger partial charge in [0.1, 0.15) is 5.52 Å². The molecule has 1 heterocycles. The fraction of sp³-hybridized carbons (Fsp3) is 0.182. The minimum Gasteiger partial charge on any atom is -0.490 e. The van der Waals surface area contributed by atoms with Crippen molar-refractivity contribution in [3.63, 3.8) is 0 Å². The Bertz CT molecular complexity index is 456. The molecule has 0 atom stereocenters. The van der Waals surface area contributed by atoms with Crippen LogP contribution in [0.2, 0.25) is 5.02 Å². The second kappa shape index (κ2) is 3.84. The highest BCUT2D eigenvalue weighted by molar-refractivity contribution is 6.33. The fourth-order valence-electron chi connectivity index (χ4n) is 1.38. The van der Waals surface area contributed by atoms with E-state index in [1.165, 1.54) is 0 Å². The van der Waals surface area contributed by atoms with Gasteiger partial charge in [-0.15, -0.1) is 0 Å². The zero-order chi connectivity index (χ0) is 9.97. The Kier molecular flexibility index (Phi) is 2.55. The van der Waals surface area contributed by atoms with Crippen LogP contribution >= 0.6 is 11.6 Å². The van der Waals surface area contributed by atoms with Crippen LogP contribution in [0.25, 0.3) is 10.9 Å². The molecule has 0 bridgehead atoms. The molecule has 0 fully saturated rings. The van der Waals surface area contributed by atoms with E-state index in [9.17, 15) is 0 Å². The Labute approximate surface area is 87.5 Å². The monoisotopic (exact) mass is 207 g/mol. The molecule has 2 nitrogen and oxygen atoms in total. The molecule has 0 N–H and O–H groups in total. The lowest BCUT2D eigenvalue weighted by atomic mass is 10.2. The van der Waals surface area contributed by atoms with Crippen LogP contribution < -0.4 is 4.74 Å². The van der Waals surface area contributed by atoms with Crippen molar-refractivity contribution >= 4 is 22.5 Å².